The van der Waals surface area contributed by atoms with Crippen molar-refractivity contribution in [2.24, 2.45) is 4.99 Å². The Balaban J connectivity index is 2.22. The number of hydrogen-bond donors (Lipinski definition) is 1. The van der Waals surface area contributed by atoms with Gasteiger partial charge < -0.3 is 9.47 Å². The Bertz CT molecular complexity index is 508. The van der Waals surface area contributed by atoms with Gasteiger partial charge in [0.1, 0.15) is 6.33 Å². The Kier molecular flexibility index (Phi) is 3.34. The fourth-order valence-corrected chi connectivity index (χ4v) is 1.33. The van der Waals surface area contributed by atoms with Crippen LogP contribution in [0.25, 0.3) is 0 Å². The van der Waals surface area contributed by atoms with E-state index in [1.165, 1.54) is 6.33 Å². The van der Waals surface area contributed by atoms with Gasteiger partial charge in [-0.3, -0.25) is 0 Å². The van der Waals surface area contributed by atoms with Gasteiger partial charge in [0.2, 0.25) is 5.95 Å². The van der Waals surface area contributed by atoms with E-state index in [0.29, 0.717) is 17.4 Å². The number of aromatic nitrogens is 3. The van der Waals surface area contributed by atoms with E-state index in [-0.39, 0.29) is 0 Å². The summed E-state index contributed by atoms with van der Waals surface area (Å²) in [6.07, 6.45) is 3.07. The number of methoxy groups -OCH3 is 2. The summed E-state index contributed by atoms with van der Waals surface area (Å²) in [4.78, 5) is 8.00. The van der Waals surface area contributed by atoms with Gasteiger partial charge >= 0.3 is 0 Å². The van der Waals surface area contributed by atoms with Gasteiger partial charge in [-0.15, -0.1) is 0 Å². The van der Waals surface area contributed by atoms with Crippen molar-refractivity contribution in [3.8, 4) is 11.5 Å². The van der Waals surface area contributed by atoms with Crippen LogP contribution in [0, 0.1) is 0 Å². The van der Waals surface area contributed by atoms with Crippen LogP contribution in [0.1, 0.15) is 5.56 Å². The minimum atomic E-state index is 0.458. The van der Waals surface area contributed by atoms with E-state index in [9.17, 15) is 0 Å². The summed E-state index contributed by atoms with van der Waals surface area (Å²) in [5.41, 5.74) is 0.888. The number of benzene rings is 1. The monoisotopic (exact) mass is 232 g/mol. The van der Waals surface area contributed by atoms with Crippen LogP contribution in [-0.4, -0.2) is 35.6 Å². The number of aromatic amines is 1. The highest BCUT2D eigenvalue weighted by atomic mass is 16.5. The lowest BCUT2D eigenvalue weighted by atomic mass is 10.2. The maximum atomic E-state index is 5.19. The molecule has 0 bridgehead atoms. The molecule has 0 amide bonds. The molecule has 0 fully saturated rings. The van der Waals surface area contributed by atoms with Crippen LogP contribution < -0.4 is 9.47 Å². The summed E-state index contributed by atoms with van der Waals surface area (Å²) in [6.45, 7) is 0. The first-order valence-corrected chi connectivity index (χ1v) is 4.95. The first-order chi connectivity index (χ1) is 8.33. The summed E-state index contributed by atoms with van der Waals surface area (Å²) in [5.74, 6) is 1.80. The van der Waals surface area contributed by atoms with Crippen molar-refractivity contribution in [2.45, 2.75) is 0 Å². The van der Waals surface area contributed by atoms with Crippen LogP contribution in [0.2, 0.25) is 0 Å². The SMILES string of the molecule is COc1ccc(C=Nc2ncn[nH]2)cc1OC. The van der Waals surface area contributed by atoms with Crippen LogP contribution in [0.5, 0.6) is 11.5 Å². The highest BCUT2D eigenvalue weighted by Gasteiger charge is 2.02. The zero-order valence-electron chi connectivity index (χ0n) is 9.54. The second kappa shape index (κ2) is 5.11. The number of ether oxygens (including phenoxy) is 2. The second-order valence-corrected chi connectivity index (χ2v) is 3.18. The third kappa shape index (κ3) is 2.60. The molecule has 0 aliphatic rings. The van der Waals surface area contributed by atoms with Gasteiger partial charge in [-0.1, -0.05) is 0 Å². The molecule has 2 rings (SSSR count). The number of hydrogen-bond acceptors (Lipinski definition) is 5. The molecule has 2 aromatic rings. The van der Waals surface area contributed by atoms with Crippen molar-refractivity contribution >= 4 is 12.2 Å². The van der Waals surface area contributed by atoms with E-state index in [1.807, 2.05) is 18.2 Å². The van der Waals surface area contributed by atoms with Gasteiger partial charge in [0.15, 0.2) is 11.5 Å². The molecule has 1 aromatic heterocycles. The lowest BCUT2D eigenvalue weighted by Gasteiger charge is -2.07. The Hall–Kier alpha value is -2.37. The molecule has 0 aliphatic carbocycles. The normalized spacial score (nSPS) is 10.7. The van der Waals surface area contributed by atoms with Gasteiger partial charge in [0.05, 0.1) is 14.2 Å². The highest BCUT2D eigenvalue weighted by molar-refractivity contribution is 5.82. The van der Waals surface area contributed by atoms with Crippen molar-refractivity contribution in [1.82, 2.24) is 15.2 Å². The van der Waals surface area contributed by atoms with Gasteiger partial charge in [-0.25, -0.2) is 10.1 Å². The zero-order valence-corrected chi connectivity index (χ0v) is 9.54. The van der Waals surface area contributed by atoms with E-state index < -0.39 is 0 Å². The maximum absolute atomic E-state index is 5.19. The van der Waals surface area contributed by atoms with Gasteiger partial charge in [-0.05, 0) is 23.8 Å². The van der Waals surface area contributed by atoms with Crippen LogP contribution in [0.3, 0.4) is 0 Å². The van der Waals surface area contributed by atoms with Crippen LogP contribution in [0.15, 0.2) is 29.5 Å². The topological polar surface area (TPSA) is 72.4 Å². The standard InChI is InChI=1S/C11H12N4O2/c1-16-9-4-3-8(5-10(9)17-2)6-12-11-13-7-14-15-11/h3-7H,1-2H3,(H,13,14,15). The molecule has 1 heterocycles. The third-order valence-electron chi connectivity index (χ3n) is 2.15. The summed E-state index contributed by atoms with van der Waals surface area (Å²) in [6, 6.07) is 5.53. The van der Waals surface area contributed by atoms with Gasteiger partial charge in [0, 0.05) is 6.21 Å². The predicted octanol–water partition coefficient (Wildman–Crippen LogP) is 1.57. The third-order valence-corrected chi connectivity index (χ3v) is 2.15. The molecule has 6 nitrogen and oxygen atoms in total. The highest BCUT2D eigenvalue weighted by Crippen LogP contribution is 2.26. The van der Waals surface area contributed by atoms with Gasteiger partial charge in [-0.2, -0.15) is 10.1 Å². The van der Waals surface area contributed by atoms with Crippen molar-refractivity contribution in [3.63, 3.8) is 0 Å². The smallest absolute Gasteiger partial charge is 0.245 e. The Morgan fingerprint density at radius 3 is 2.71 bits per heavy atom. The van der Waals surface area contributed by atoms with Gasteiger partial charge in [0.25, 0.3) is 0 Å². The maximum Gasteiger partial charge on any atom is 0.245 e. The molecule has 17 heavy (non-hydrogen) atoms. The molecule has 0 saturated heterocycles. The molecule has 0 spiro atoms. The van der Waals surface area contributed by atoms with Crippen molar-refractivity contribution in [3.05, 3.63) is 30.1 Å². The van der Waals surface area contributed by atoms with E-state index in [4.69, 9.17) is 9.47 Å². The summed E-state index contributed by atoms with van der Waals surface area (Å²) >= 11 is 0. The fraction of sp³-hybridized carbons (Fsp3) is 0.182. The number of nitrogens with zero attached hydrogens (tertiary/aromatic N) is 3. The number of rotatable bonds is 4. The van der Waals surface area contributed by atoms with Crippen molar-refractivity contribution < 1.29 is 9.47 Å². The van der Waals surface area contributed by atoms with Crippen molar-refractivity contribution in [1.29, 1.82) is 0 Å². The first kappa shape index (κ1) is 11.1. The lowest BCUT2D eigenvalue weighted by molar-refractivity contribution is 0.355. The van der Waals surface area contributed by atoms with Crippen molar-refractivity contribution in [2.75, 3.05) is 14.2 Å². The minimum Gasteiger partial charge on any atom is -0.493 e. The molecule has 0 radical (unpaired) electrons. The van der Waals surface area contributed by atoms with E-state index in [1.54, 1.807) is 20.4 Å². The average Bonchev–Trinajstić information content (AvgIpc) is 2.89. The first-order valence-electron chi connectivity index (χ1n) is 4.95. The molecule has 6 heteroatoms. The van der Waals surface area contributed by atoms with Crippen LogP contribution >= 0.6 is 0 Å². The van der Waals surface area contributed by atoms with E-state index >= 15 is 0 Å². The molecule has 88 valence electrons. The average molecular weight is 232 g/mol. The van der Waals surface area contributed by atoms with Crippen LogP contribution in [0.4, 0.5) is 5.95 Å². The number of aliphatic imine (C=N–C) groups is 1. The number of H-pyrrole nitrogens is 1. The Morgan fingerprint density at radius 1 is 1.24 bits per heavy atom. The molecule has 1 aromatic carbocycles. The molecular weight excluding hydrogens is 220 g/mol. The second-order valence-electron chi connectivity index (χ2n) is 3.18. The molecule has 0 aliphatic heterocycles. The zero-order chi connectivity index (χ0) is 12.1. The molecule has 0 unspecified atom stereocenters. The Labute approximate surface area is 98.3 Å². The Morgan fingerprint density at radius 2 is 2.06 bits per heavy atom. The lowest BCUT2D eigenvalue weighted by Crippen LogP contribution is -1.92. The van der Waals surface area contributed by atoms with E-state index in [0.717, 1.165) is 5.56 Å². The minimum absolute atomic E-state index is 0.458. The molecule has 1 N–H and O–H groups in total. The quantitative estimate of drug-likeness (QED) is 0.812. The molecular formula is C11H12N4O2. The summed E-state index contributed by atoms with van der Waals surface area (Å²) in [7, 11) is 3.19. The fourth-order valence-electron chi connectivity index (χ4n) is 1.33. The van der Waals surface area contributed by atoms with E-state index in [2.05, 4.69) is 20.2 Å². The summed E-state index contributed by atoms with van der Waals surface area (Å²) in [5, 5.41) is 6.34. The summed E-state index contributed by atoms with van der Waals surface area (Å²) < 4.78 is 10.3. The molecule has 0 saturated carbocycles. The number of nitrogens with one attached hydrogen (secondary N) is 1. The molecule has 0 atom stereocenters. The largest absolute Gasteiger partial charge is 0.493 e. The van der Waals surface area contributed by atoms with Crippen LogP contribution in [-0.2, 0) is 0 Å². The predicted molar refractivity (Wildman–Crippen MR) is 63.2 cm³/mol.